The van der Waals surface area contributed by atoms with Crippen LogP contribution in [-0.2, 0) is 0 Å². The molecule has 0 atom stereocenters. The van der Waals surface area contributed by atoms with Crippen LogP contribution in [0.2, 0.25) is 5.02 Å². The normalized spacial score (nSPS) is 15.4. The molecule has 0 N–H and O–H groups in total. The largest absolute Gasteiger partial charge is 0.496 e. The number of halogens is 1. The first kappa shape index (κ1) is 16.8. The predicted octanol–water partition coefficient (Wildman–Crippen LogP) is 3.41. The molecule has 134 valence electrons. The molecule has 7 heteroatoms. The van der Waals surface area contributed by atoms with Crippen molar-refractivity contribution in [3.05, 3.63) is 59.0 Å². The lowest BCUT2D eigenvalue weighted by Gasteiger charge is -2.31. The Bertz CT molecular complexity index is 948. The Labute approximate surface area is 156 Å². The number of methoxy groups -OCH3 is 1. The first-order valence-electron chi connectivity index (χ1n) is 8.60. The fraction of sp³-hybridized carbons (Fsp3) is 0.316. The van der Waals surface area contributed by atoms with E-state index in [9.17, 15) is 4.79 Å². The van der Waals surface area contributed by atoms with Crippen molar-refractivity contribution < 1.29 is 9.53 Å². The van der Waals surface area contributed by atoms with Crippen molar-refractivity contribution in [3.8, 4) is 5.75 Å². The molecular weight excluding hydrogens is 352 g/mol. The molecule has 0 aliphatic carbocycles. The number of likely N-dealkylation sites (tertiary alicyclic amines) is 1. The Morgan fingerprint density at radius 3 is 2.77 bits per heavy atom. The average Bonchev–Trinajstić information content (AvgIpc) is 3.11. The van der Waals surface area contributed by atoms with Gasteiger partial charge in [-0.2, -0.15) is 0 Å². The van der Waals surface area contributed by atoms with Gasteiger partial charge in [-0.1, -0.05) is 17.7 Å². The number of nitrogens with zero attached hydrogens (tertiary/aromatic N) is 4. The summed E-state index contributed by atoms with van der Waals surface area (Å²) in [6.45, 7) is 1.36. The Morgan fingerprint density at radius 2 is 2.00 bits per heavy atom. The van der Waals surface area contributed by atoms with Crippen LogP contribution in [-0.4, -0.2) is 45.6 Å². The van der Waals surface area contributed by atoms with E-state index < -0.39 is 0 Å². The van der Waals surface area contributed by atoms with Crippen molar-refractivity contribution in [1.29, 1.82) is 0 Å². The lowest BCUT2D eigenvalue weighted by Crippen LogP contribution is -2.38. The van der Waals surface area contributed by atoms with E-state index in [1.54, 1.807) is 25.3 Å². The second kappa shape index (κ2) is 6.96. The molecule has 1 aliphatic heterocycles. The van der Waals surface area contributed by atoms with Gasteiger partial charge in [0.25, 0.3) is 5.91 Å². The van der Waals surface area contributed by atoms with E-state index in [-0.39, 0.29) is 5.91 Å². The minimum atomic E-state index is -0.0249. The summed E-state index contributed by atoms with van der Waals surface area (Å²) >= 11 is 5.99. The number of benzene rings is 1. The van der Waals surface area contributed by atoms with Crippen LogP contribution in [0.1, 0.15) is 34.9 Å². The maximum Gasteiger partial charge on any atom is 0.257 e. The number of pyridine rings is 1. The highest BCUT2D eigenvalue weighted by molar-refractivity contribution is 6.30. The van der Waals surface area contributed by atoms with Gasteiger partial charge in [-0.3, -0.25) is 9.20 Å². The van der Waals surface area contributed by atoms with E-state index in [2.05, 4.69) is 10.2 Å². The number of aromatic nitrogens is 3. The molecule has 26 heavy (non-hydrogen) atoms. The van der Waals surface area contributed by atoms with Gasteiger partial charge in [0.2, 0.25) is 0 Å². The molecule has 1 fully saturated rings. The van der Waals surface area contributed by atoms with Gasteiger partial charge in [-0.25, -0.2) is 0 Å². The Morgan fingerprint density at radius 1 is 1.19 bits per heavy atom. The summed E-state index contributed by atoms with van der Waals surface area (Å²) in [6.07, 6.45) is 3.70. The quantitative estimate of drug-likeness (QED) is 0.708. The third-order valence-corrected chi connectivity index (χ3v) is 5.12. The SMILES string of the molecule is COc1cc(Cl)ccc1C(=O)N1CCC(c2nnc3ccccn23)CC1. The van der Waals surface area contributed by atoms with E-state index >= 15 is 0 Å². The summed E-state index contributed by atoms with van der Waals surface area (Å²) in [4.78, 5) is 14.7. The molecule has 3 aromatic rings. The summed E-state index contributed by atoms with van der Waals surface area (Å²) < 4.78 is 7.34. The van der Waals surface area contributed by atoms with Crippen LogP contribution in [0.5, 0.6) is 5.75 Å². The zero-order chi connectivity index (χ0) is 18.1. The number of carbonyl (C=O) groups excluding carboxylic acids is 1. The van der Waals surface area contributed by atoms with Gasteiger partial charge in [-0.05, 0) is 43.2 Å². The molecule has 0 radical (unpaired) electrons. The second-order valence-corrected chi connectivity index (χ2v) is 6.83. The van der Waals surface area contributed by atoms with Crippen LogP contribution in [0, 0.1) is 0 Å². The molecule has 1 saturated heterocycles. The highest BCUT2D eigenvalue weighted by atomic mass is 35.5. The van der Waals surface area contributed by atoms with Crippen molar-refractivity contribution in [2.45, 2.75) is 18.8 Å². The number of piperidine rings is 1. The van der Waals surface area contributed by atoms with E-state index in [0.29, 0.717) is 35.3 Å². The first-order chi connectivity index (χ1) is 12.7. The Balaban J connectivity index is 1.49. The van der Waals surface area contributed by atoms with Crippen LogP contribution in [0.4, 0.5) is 0 Å². The van der Waals surface area contributed by atoms with Crippen LogP contribution in [0.25, 0.3) is 5.65 Å². The van der Waals surface area contributed by atoms with Crippen molar-refractivity contribution in [2.24, 2.45) is 0 Å². The molecule has 0 bridgehead atoms. The average molecular weight is 371 g/mol. The molecular formula is C19H19ClN4O2. The number of ether oxygens (including phenoxy) is 1. The van der Waals surface area contributed by atoms with Crippen LogP contribution in [0.15, 0.2) is 42.6 Å². The molecule has 0 spiro atoms. The van der Waals surface area contributed by atoms with E-state index in [4.69, 9.17) is 16.3 Å². The molecule has 0 unspecified atom stereocenters. The van der Waals surface area contributed by atoms with Gasteiger partial charge >= 0.3 is 0 Å². The van der Waals surface area contributed by atoms with E-state index in [1.807, 2.05) is 33.7 Å². The van der Waals surface area contributed by atoms with Crippen molar-refractivity contribution in [3.63, 3.8) is 0 Å². The topological polar surface area (TPSA) is 59.7 Å². The fourth-order valence-corrected chi connectivity index (χ4v) is 3.65. The van der Waals surface area contributed by atoms with Gasteiger partial charge in [-0.15, -0.1) is 10.2 Å². The molecule has 3 heterocycles. The molecule has 1 aliphatic rings. The highest BCUT2D eigenvalue weighted by Crippen LogP contribution is 2.30. The monoisotopic (exact) mass is 370 g/mol. The Hall–Kier alpha value is -2.60. The van der Waals surface area contributed by atoms with Crippen molar-refractivity contribution in [1.82, 2.24) is 19.5 Å². The Kier molecular flexibility index (Phi) is 4.51. The minimum absolute atomic E-state index is 0.0249. The summed E-state index contributed by atoms with van der Waals surface area (Å²) in [7, 11) is 1.55. The van der Waals surface area contributed by atoms with Crippen LogP contribution < -0.4 is 4.74 Å². The van der Waals surface area contributed by atoms with Crippen molar-refractivity contribution >= 4 is 23.2 Å². The van der Waals surface area contributed by atoms with Crippen molar-refractivity contribution in [2.75, 3.05) is 20.2 Å². The lowest BCUT2D eigenvalue weighted by molar-refractivity contribution is 0.0707. The number of amides is 1. The van der Waals surface area contributed by atoms with E-state index in [1.165, 1.54) is 0 Å². The summed E-state index contributed by atoms with van der Waals surface area (Å²) in [5.41, 5.74) is 1.40. The third kappa shape index (κ3) is 3.01. The third-order valence-electron chi connectivity index (χ3n) is 4.88. The molecule has 1 aromatic carbocycles. The number of hydrogen-bond donors (Lipinski definition) is 0. The number of carbonyl (C=O) groups is 1. The summed E-state index contributed by atoms with van der Waals surface area (Å²) in [5, 5.41) is 9.14. The van der Waals surface area contributed by atoms with Crippen LogP contribution in [0.3, 0.4) is 0 Å². The molecule has 2 aromatic heterocycles. The van der Waals surface area contributed by atoms with Gasteiger partial charge in [0.1, 0.15) is 11.6 Å². The predicted molar refractivity (Wildman–Crippen MR) is 98.9 cm³/mol. The standard InChI is InChI=1S/C19H19ClN4O2/c1-26-16-12-14(20)5-6-15(16)19(25)23-10-7-13(8-11-23)18-22-21-17-4-2-3-9-24(17)18/h2-6,9,12-13H,7-8,10-11H2,1H3. The lowest BCUT2D eigenvalue weighted by atomic mass is 9.95. The molecule has 0 saturated carbocycles. The zero-order valence-corrected chi connectivity index (χ0v) is 15.2. The number of hydrogen-bond acceptors (Lipinski definition) is 4. The smallest absolute Gasteiger partial charge is 0.257 e. The zero-order valence-electron chi connectivity index (χ0n) is 14.4. The molecule has 1 amide bonds. The summed E-state index contributed by atoms with van der Waals surface area (Å²) in [6, 6.07) is 11.0. The number of rotatable bonds is 3. The molecule has 6 nitrogen and oxygen atoms in total. The van der Waals surface area contributed by atoms with Gasteiger partial charge < -0.3 is 9.64 Å². The van der Waals surface area contributed by atoms with Gasteiger partial charge in [0.05, 0.1) is 12.7 Å². The first-order valence-corrected chi connectivity index (χ1v) is 8.97. The maximum absolute atomic E-state index is 12.9. The highest BCUT2D eigenvalue weighted by Gasteiger charge is 2.28. The van der Waals surface area contributed by atoms with Gasteiger partial charge in [0, 0.05) is 30.2 Å². The van der Waals surface area contributed by atoms with Crippen LogP contribution >= 0.6 is 11.6 Å². The fourth-order valence-electron chi connectivity index (χ4n) is 3.49. The molecule has 4 rings (SSSR count). The minimum Gasteiger partial charge on any atom is -0.496 e. The van der Waals surface area contributed by atoms with E-state index in [0.717, 1.165) is 24.3 Å². The second-order valence-electron chi connectivity index (χ2n) is 6.40. The van der Waals surface area contributed by atoms with Gasteiger partial charge in [0.15, 0.2) is 5.65 Å². The summed E-state index contributed by atoms with van der Waals surface area (Å²) in [5.74, 6) is 1.75. The maximum atomic E-state index is 12.9. The number of fused-ring (bicyclic) bond motifs is 1.